The lowest BCUT2D eigenvalue weighted by molar-refractivity contribution is -0.137. The predicted octanol–water partition coefficient (Wildman–Crippen LogP) is 2.89. The maximum Gasteiger partial charge on any atom is 0.303 e. The molecule has 0 radical (unpaired) electrons. The van der Waals surface area contributed by atoms with Gasteiger partial charge in [0, 0.05) is 6.42 Å². The Morgan fingerprint density at radius 3 is 2.53 bits per heavy atom. The predicted molar refractivity (Wildman–Crippen MR) is 58.3 cm³/mol. The van der Waals surface area contributed by atoms with E-state index in [4.69, 9.17) is 28.3 Å². The SMILES string of the molecule is O=C(O)CCC(O)c1ccc(Cl)c(Cl)c1. The Balaban J connectivity index is 2.69. The first kappa shape index (κ1) is 12.3. The van der Waals surface area contributed by atoms with Crippen molar-refractivity contribution >= 4 is 29.2 Å². The normalized spacial score (nSPS) is 12.5. The van der Waals surface area contributed by atoms with Crippen LogP contribution in [0.2, 0.25) is 10.0 Å². The van der Waals surface area contributed by atoms with E-state index in [1.807, 2.05) is 0 Å². The van der Waals surface area contributed by atoms with E-state index >= 15 is 0 Å². The monoisotopic (exact) mass is 248 g/mol. The molecular formula is C10H10Cl2O3. The summed E-state index contributed by atoms with van der Waals surface area (Å²) in [7, 11) is 0. The van der Waals surface area contributed by atoms with Crippen molar-refractivity contribution in [1.29, 1.82) is 0 Å². The van der Waals surface area contributed by atoms with Gasteiger partial charge in [-0.3, -0.25) is 4.79 Å². The number of aliphatic carboxylic acids is 1. The second-order valence-electron chi connectivity index (χ2n) is 3.12. The number of hydrogen-bond donors (Lipinski definition) is 2. The highest BCUT2D eigenvalue weighted by Crippen LogP contribution is 2.27. The molecule has 0 spiro atoms. The Kier molecular flexibility index (Phi) is 4.39. The van der Waals surface area contributed by atoms with Crippen LogP contribution >= 0.6 is 23.2 Å². The van der Waals surface area contributed by atoms with E-state index in [1.54, 1.807) is 12.1 Å². The molecule has 0 bridgehead atoms. The number of carbonyl (C=O) groups is 1. The Morgan fingerprint density at radius 1 is 1.33 bits per heavy atom. The minimum absolute atomic E-state index is 0.0819. The molecule has 0 aliphatic heterocycles. The van der Waals surface area contributed by atoms with Crippen LogP contribution in [0.4, 0.5) is 0 Å². The van der Waals surface area contributed by atoms with Gasteiger partial charge in [-0.15, -0.1) is 0 Å². The molecule has 2 N–H and O–H groups in total. The summed E-state index contributed by atoms with van der Waals surface area (Å²) in [6, 6.07) is 4.74. The Hall–Kier alpha value is -0.770. The molecule has 15 heavy (non-hydrogen) atoms. The number of aliphatic hydroxyl groups excluding tert-OH is 1. The van der Waals surface area contributed by atoms with Gasteiger partial charge in [-0.25, -0.2) is 0 Å². The van der Waals surface area contributed by atoms with Crippen LogP contribution in [-0.4, -0.2) is 16.2 Å². The number of rotatable bonds is 4. The number of hydrogen-bond acceptors (Lipinski definition) is 2. The fourth-order valence-electron chi connectivity index (χ4n) is 1.15. The summed E-state index contributed by atoms with van der Waals surface area (Å²) in [5.41, 5.74) is 0.575. The number of halogens is 2. The Morgan fingerprint density at radius 2 is 2.00 bits per heavy atom. The number of carboxylic acids is 1. The molecule has 1 aromatic rings. The maximum atomic E-state index is 10.3. The zero-order chi connectivity index (χ0) is 11.4. The van der Waals surface area contributed by atoms with Crippen molar-refractivity contribution in [1.82, 2.24) is 0 Å². The molecule has 1 unspecified atom stereocenters. The lowest BCUT2D eigenvalue weighted by Crippen LogP contribution is -2.02. The second kappa shape index (κ2) is 5.35. The molecule has 0 saturated carbocycles. The first-order chi connectivity index (χ1) is 7.00. The number of carboxylic acid groups (broad SMARTS) is 1. The average molecular weight is 249 g/mol. The topological polar surface area (TPSA) is 57.5 Å². The molecule has 0 saturated heterocycles. The van der Waals surface area contributed by atoms with Gasteiger partial charge >= 0.3 is 5.97 Å². The summed E-state index contributed by atoms with van der Waals surface area (Å²) in [6.07, 6.45) is -0.745. The maximum absolute atomic E-state index is 10.3. The number of aliphatic hydroxyl groups is 1. The van der Waals surface area contributed by atoms with Crippen LogP contribution in [0.15, 0.2) is 18.2 Å². The lowest BCUT2D eigenvalue weighted by atomic mass is 10.1. The van der Waals surface area contributed by atoms with Crippen molar-refractivity contribution in [3.63, 3.8) is 0 Å². The molecule has 0 aliphatic carbocycles. The standard InChI is InChI=1S/C10H10Cl2O3/c11-7-2-1-6(5-8(7)12)9(13)3-4-10(14)15/h1-2,5,9,13H,3-4H2,(H,14,15). The molecular weight excluding hydrogens is 239 g/mol. The van der Waals surface area contributed by atoms with E-state index in [-0.39, 0.29) is 12.8 Å². The van der Waals surface area contributed by atoms with E-state index in [2.05, 4.69) is 0 Å². The quantitative estimate of drug-likeness (QED) is 0.862. The third-order valence-electron chi connectivity index (χ3n) is 1.96. The molecule has 5 heteroatoms. The van der Waals surface area contributed by atoms with Crippen molar-refractivity contribution in [2.75, 3.05) is 0 Å². The van der Waals surface area contributed by atoms with Gasteiger partial charge in [-0.05, 0) is 24.1 Å². The van der Waals surface area contributed by atoms with Crippen molar-refractivity contribution < 1.29 is 15.0 Å². The highest BCUT2D eigenvalue weighted by atomic mass is 35.5. The van der Waals surface area contributed by atoms with E-state index in [0.29, 0.717) is 15.6 Å². The molecule has 0 amide bonds. The van der Waals surface area contributed by atoms with Gasteiger partial charge in [0.05, 0.1) is 16.1 Å². The summed E-state index contributed by atoms with van der Waals surface area (Å²) in [6.45, 7) is 0. The summed E-state index contributed by atoms with van der Waals surface area (Å²) < 4.78 is 0. The van der Waals surface area contributed by atoms with Crippen LogP contribution < -0.4 is 0 Å². The highest BCUT2D eigenvalue weighted by Gasteiger charge is 2.11. The molecule has 0 heterocycles. The fourth-order valence-corrected chi connectivity index (χ4v) is 1.45. The Bertz CT molecular complexity index is 366. The van der Waals surface area contributed by atoms with Crippen LogP contribution in [0.5, 0.6) is 0 Å². The molecule has 0 fully saturated rings. The second-order valence-corrected chi connectivity index (χ2v) is 3.94. The van der Waals surface area contributed by atoms with Gasteiger partial charge < -0.3 is 10.2 Å². The first-order valence-corrected chi connectivity index (χ1v) is 5.11. The van der Waals surface area contributed by atoms with Gasteiger partial charge in [0.25, 0.3) is 0 Å². The van der Waals surface area contributed by atoms with Crippen LogP contribution in [0, 0.1) is 0 Å². The van der Waals surface area contributed by atoms with Crippen LogP contribution in [0.3, 0.4) is 0 Å². The van der Waals surface area contributed by atoms with Crippen molar-refractivity contribution in [3.05, 3.63) is 33.8 Å². The van der Waals surface area contributed by atoms with E-state index < -0.39 is 12.1 Å². The smallest absolute Gasteiger partial charge is 0.303 e. The Labute approximate surface area is 97.2 Å². The zero-order valence-electron chi connectivity index (χ0n) is 7.78. The van der Waals surface area contributed by atoms with Crippen LogP contribution in [0.25, 0.3) is 0 Å². The minimum Gasteiger partial charge on any atom is -0.481 e. The van der Waals surface area contributed by atoms with E-state index in [9.17, 15) is 9.90 Å². The molecule has 82 valence electrons. The van der Waals surface area contributed by atoms with Gasteiger partial charge in [0.2, 0.25) is 0 Å². The average Bonchev–Trinajstić information content (AvgIpc) is 2.18. The van der Waals surface area contributed by atoms with Gasteiger partial charge in [0.1, 0.15) is 0 Å². The third kappa shape index (κ3) is 3.70. The van der Waals surface area contributed by atoms with Crippen molar-refractivity contribution in [3.8, 4) is 0 Å². The van der Waals surface area contributed by atoms with E-state index in [1.165, 1.54) is 6.07 Å². The summed E-state index contributed by atoms with van der Waals surface area (Å²) >= 11 is 11.5. The summed E-state index contributed by atoms with van der Waals surface area (Å²) in [4.78, 5) is 10.3. The summed E-state index contributed by atoms with van der Waals surface area (Å²) in [5, 5.41) is 18.8. The fraction of sp³-hybridized carbons (Fsp3) is 0.300. The number of benzene rings is 1. The third-order valence-corrected chi connectivity index (χ3v) is 2.70. The van der Waals surface area contributed by atoms with Gasteiger partial charge in [0.15, 0.2) is 0 Å². The van der Waals surface area contributed by atoms with Gasteiger partial charge in [-0.1, -0.05) is 29.3 Å². The van der Waals surface area contributed by atoms with Crippen molar-refractivity contribution in [2.45, 2.75) is 18.9 Å². The molecule has 1 aromatic carbocycles. The van der Waals surface area contributed by atoms with Crippen LogP contribution in [-0.2, 0) is 4.79 Å². The molecule has 1 rings (SSSR count). The molecule has 3 nitrogen and oxygen atoms in total. The summed E-state index contributed by atoms with van der Waals surface area (Å²) in [5.74, 6) is -0.936. The lowest BCUT2D eigenvalue weighted by Gasteiger charge is -2.10. The highest BCUT2D eigenvalue weighted by molar-refractivity contribution is 6.42. The minimum atomic E-state index is -0.936. The molecule has 1 atom stereocenters. The first-order valence-electron chi connectivity index (χ1n) is 4.35. The molecule has 0 aromatic heterocycles. The van der Waals surface area contributed by atoms with Crippen molar-refractivity contribution in [2.24, 2.45) is 0 Å². The largest absolute Gasteiger partial charge is 0.481 e. The van der Waals surface area contributed by atoms with E-state index in [0.717, 1.165) is 0 Å². The zero-order valence-corrected chi connectivity index (χ0v) is 9.29. The van der Waals surface area contributed by atoms with Crippen LogP contribution in [0.1, 0.15) is 24.5 Å². The van der Waals surface area contributed by atoms with Gasteiger partial charge in [-0.2, -0.15) is 0 Å². The molecule has 0 aliphatic rings.